The molecule has 0 unspecified atom stereocenters. The molecule has 1 saturated heterocycles. The lowest BCUT2D eigenvalue weighted by Gasteiger charge is -2.29. The average Bonchev–Trinajstić information content (AvgIpc) is 3.07. The fourth-order valence-electron chi connectivity index (χ4n) is 4.38. The topological polar surface area (TPSA) is 133 Å². The van der Waals surface area contributed by atoms with Gasteiger partial charge in [0.15, 0.2) is 21.5 Å². The fraction of sp³-hybridized carbons (Fsp3) is 0.231. The number of benzene rings is 2. The maximum absolute atomic E-state index is 15.2. The number of carbonyl (C=O) groups excluding carboxylic acids is 2. The van der Waals surface area contributed by atoms with Gasteiger partial charge in [0.25, 0.3) is 11.9 Å². The van der Waals surface area contributed by atoms with Crippen LogP contribution >= 0.6 is 0 Å². The Morgan fingerprint density at radius 2 is 1.68 bits per heavy atom. The van der Waals surface area contributed by atoms with Gasteiger partial charge in [-0.05, 0) is 6.07 Å². The number of para-hydroxylation sites is 1. The highest BCUT2D eigenvalue weighted by Crippen LogP contribution is 2.30. The second-order valence-corrected chi connectivity index (χ2v) is 11.4. The standard InChI is InChI=1S/C26H23F3N6O4S/c27-19-22(35-10-12-40(38,39)13-11-35)20(28)24(34-23(19)29)30-14-18(36)32-25-26(37)31-17-9-5-4-8-16(17)21(33-25)15-6-2-1-3-7-15/h1-9,25H,10-14H2,(H,30,34)(H,31,37)(H,32,36)/t25-/m0/s1. The van der Waals surface area contributed by atoms with Crippen molar-refractivity contribution in [2.45, 2.75) is 6.17 Å². The zero-order valence-corrected chi connectivity index (χ0v) is 21.6. The summed E-state index contributed by atoms with van der Waals surface area (Å²) in [7, 11) is -3.36. The molecule has 208 valence electrons. The smallest absolute Gasteiger partial charge is 0.269 e. The Morgan fingerprint density at radius 3 is 2.40 bits per heavy atom. The third-order valence-corrected chi connectivity index (χ3v) is 7.99. The van der Waals surface area contributed by atoms with Crippen molar-refractivity contribution in [3.8, 4) is 0 Å². The van der Waals surface area contributed by atoms with Crippen molar-refractivity contribution in [2.75, 3.05) is 46.7 Å². The van der Waals surface area contributed by atoms with Gasteiger partial charge in [-0.15, -0.1) is 0 Å². The van der Waals surface area contributed by atoms with E-state index >= 15 is 4.39 Å². The van der Waals surface area contributed by atoms with Gasteiger partial charge in [0.2, 0.25) is 17.9 Å². The summed E-state index contributed by atoms with van der Waals surface area (Å²) in [6, 6.07) is 16.0. The molecular weight excluding hydrogens is 549 g/mol. The van der Waals surface area contributed by atoms with Gasteiger partial charge >= 0.3 is 0 Å². The van der Waals surface area contributed by atoms with E-state index in [4.69, 9.17) is 0 Å². The van der Waals surface area contributed by atoms with E-state index < -0.39 is 63.4 Å². The number of nitrogens with one attached hydrogen (secondary N) is 3. The summed E-state index contributed by atoms with van der Waals surface area (Å²) in [6.07, 6.45) is -1.36. The molecule has 0 spiro atoms. The van der Waals surface area contributed by atoms with Crippen LogP contribution in [-0.2, 0) is 19.4 Å². The Labute approximate surface area is 227 Å². The molecule has 14 heteroatoms. The van der Waals surface area contributed by atoms with Crippen molar-refractivity contribution in [3.63, 3.8) is 0 Å². The van der Waals surface area contributed by atoms with Crippen molar-refractivity contribution < 1.29 is 31.2 Å². The molecular formula is C26H23F3N6O4S. The van der Waals surface area contributed by atoms with Crippen LogP contribution < -0.4 is 20.9 Å². The Hall–Kier alpha value is -4.46. The molecule has 2 aromatic carbocycles. The molecule has 0 aliphatic carbocycles. The molecule has 0 bridgehead atoms. The van der Waals surface area contributed by atoms with E-state index in [0.717, 1.165) is 4.90 Å². The van der Waals surface area contributed by atoms with Crippen LogP contribution in [0, 0.1) is 17.6 Å². The van der Waals surface area contributed by atoms with Crippen LogP contribution in [0.2, 0.25) is 0 Å². The Morgan fingerprint density at radius 1 is 1.00 bits per heavy atom. The quantitative estimate of drug-likeness (QED) is 0.386. The maximum atomic E-state index is 15.2. The zero-order valence-electron chi connectivity index (χ0n) is 20.8. The molecule has 3 heterocycles. The van der Waals surface area contributed by atoms with Crippen LogP contribution in [0.1, 0.15) is 11.1 Å². The summed E-state index contributed by atoms with van der Waals surface area (Å²) in [5.74, 6) is -7.33. The van der Waals surface area contributed by atoms with E-state index in [1.54, 1.807) is 48.5 Å². The van der Waals surface area contributed by atoms with Gasteiger partial charge < -0.3 is 20.9 Å². The van der Waals surface area contributed by atoms with E-state index in [-0.39, 0.29) is 24.6 Å². The summed E-state index contributed by atoms with van der Waals surface area (Å²) >= 11 is 0. The monoisotopic (exact) mass is 572 g/mol. The van der Waals surface area contributed by atoms with E-state index in [0.29, 0.717) is 22.5 Å². The lowest BCUT2D eigenvalue weighted by molar-refractivity contribution is -0.125. The van der Waals surface area contributed by atoms with Gasteiger partial charge in [-0.3, -0.25) is 9.59 Å². The van der Waals surface area contributed by atoms with E-state index in [1.165, 1.54) is 0 Å². The first-order valence-electron chi connectivity index (χ1n) is 12.2. The van der Waals surface area contributed by atoms with Gasteiger partial charge in [-0.1, -0.05) is 48.5 Å². The number of aliphatic imine (C=N–C) groups is 1. The number of hydrogen-bond acceptors (Lipinski definition) is 8. The first-order chi connectivity index (χ1) is 19.1. The Balaban J connectivity index is 1.34. The normalized spacial score (nSPS) is 18.2. The summed E-state index contributed by atoms with van der Waals surface area (Å²) in [4.78, 5) is 34.4. The number of carbonyl (C=O) groups is 2. The average molecular weight is 573 g/mol. The van der Waals surface area contributed by atoms with E-state index in [2.05, 4.69) is 25.9 Å². The molecule has 2 amide bonds. The summed E-state index contributed by atoms with van der Waals surface area (Å²) in [6.45, 7) is -1.13. The van der Waals surface area contributed by atoms with Crippen molar-refractivity contribution in [1.82, 2.24) is 10.3 Å². The number of aromatic nitrogens is 1. The molecule has 2 aliphatic rings. The summed E-state index contributed by atoms with van der Waals surface area (Å²) < 4.78 is 67.2. The molecule has 10 nitrogen and oxygen atoms in total. The van der Waals surface area contributed by atoms with E-state index in [1.807, 2.05) is 6.07 Å². The highest BCUT2D eigenvalue weighted by atomic mass is 32.2. The predicted octanol–water partition coefficient (Wildman–Crippen LogP) is 2.08. The Kier molecular flexibility index (Phi) is 7.43. The molecule has 1 atom stereocenters. The molecule has 5 rings (SSSR count). The Bertz CT molecular complexity index is 1600. The molecule has 1 aromatic heterocycles. The minimum atomic E-state index is -3.36. The van der Waals surface area contributed by atoms with Crippen molar-refractivity contribution in [1.29, 1.82) is 0 Å². The number of pyridine rings is 1. The van der Waals surface area contributed by atoms with E-state index in [9.17, 15) is 26.8 Å². The molecule has 0 saturated carbocycles. The molecule has 3 N–H and O–H groups in total. The number of amides is 2. The van der Waals surface area contributed by atoms with Crippen LogP contribution in [0.4, 0.5) is 30.4 Å². The van der Waals surface area contributed by atoms with Crippen molar-refractivity contribution in [3.05, 3.63) is 83.3 Å². The molecule has 2 aliphatic heterocycles. The van der Waals surface area contributed by atoms with Gasteiger partial charge in [0, 0.05) is 24.2 Å². The maximum Gasteiger partial charge on any atom is 0.269 e. The first-order valence-corrected chi connectivity index (χ1v) is 14.0. The van der Waals surface area contributed by atoms with Crippen molar-refractivity contribution in [2.24, 2.45) is 4.99 Å². The highest BCUT2D eigenvalue weighted by Gasteiger charge is 2.31. The SMILES string of the molecule is O=C(CNc1nc(F)c(F)c(N2CCS(=O)(=O)CC2)c1F)N[C@H]1N=C(c2ccccc2)c2ccccc2NC1=O. The van der Waals surface area contributed by atoms with Crippen LogP contribution in [0.5, 0.6) is 0 Å². The minimum absolute atomic E-state index is 0.236. The third-order valence-electron chi connectivity index (χ3n) is 6.38. The first kappa shape index (κ1) is 27.1. The lowest BCUT2D eigenvalue weighted by atomic mass is 10.0. The third kappa shape index (κ3) is 5.61. The second-order valence-electron chi connectivity index (χ2n) is 9.07. The van der Waals surface area contributed by atoms with Crippen LogP contribution in [0.3, 0.4) is 0 Å². The lowest BCUT2D eigenvalue weighted by Crippen LogP contribution is -2.44. The highest BCUT2D eigenvalue weighted by molar-refractivity contribution is 7.91. The van der Waals surface area contributed by atoms with Crippen molar-refractivity contribution >= 4 is 44.6 Å². The van der Waals surface area contributed by atoms with Gasteiger partial charge in [0.1, 0.15) is 5.69 Å². The van der Waals surface area contributed by atoms with Gasteiger partial charge in [-0.25, -0.2) is 17.8 Å². The number of sulfone groups is 1. The largest absolute Gasteiger partial charge is 0.364 e. The molecule has 0 radical (unpaired) electrons. The molecule has 40 heavy (non-hydrogen) atoms. The van der Waals surface area contributed by atoms with Crippen LogP contribution in [0.25, 0.3) is 0 Å². The van der Waals surface area contributed by atoms with Crippen LogP contribution in [0.15, 0.2) is 59.6 Å². The number of nitrogens with zero attached hydrogens (tertiary/aromatic N) is 3. The summed E-state index contributed by atoms with van der Waals surface area (Å²) in [5.41, 5.74) is 1.52. The van der Waals surface area contributed by atoms with Gasteiger partial charge in [-0.2, -0.15) is 13.8 Å². The minimum Gasteiger partial charge on any atom is -0.364 e. The molecule has 3 aromatic rings. The number of benzodiazepines with no additional fused rings is 1. The number of hydrogen-bond donors (Lipinski definition) is 3. The number of rotatable bonds is 6. The summed E-state index contributed by atoms with van der Waals surface area (Å²) in [5, 5.41) is 7.50. The molecule has 1 fully saturated rings. The van der Waals surface area contributed by atoms with Crippen LogP contribution in [-0.4, -0.2) is 68.2 Å². The second kappa shape index (κ2) is 11.0. The fourth-order valence-corrected chi connectivity index (χ4v) is 5.58. The predicted molar refractivity (Wildman–Crippen MR) is 143 cm³/mol. The van der Waals surface area contributed by atoms with Gasteiger partial charge in [0.05, 0.1) is 29.4 Å². The number of fused-ring (bicyclic) bond motifs is 1. The number of anilines is 3. The zero-order chi connectivity index (χ0) is 28.4. The number of halogens is 3.